The van der Waals surface area contributed by atoms with Gasteiger partial charge in [0.05, 0.1) is 5.41 Å². The average molecular weight is 411 g/mol. The van der Waals surface area contributed by atoms with Crippen molar-refractivity contribution in [3.8, 4) is 0 Å². The van der Waals surface area contributed by atoms with Gasteiger partial charge in [-0.05, 0) is 64.9 Å². The zero-order chi connectivity index (χ0) is 21.5. The molecule has 1 amide bonds. The molecule has 158 valence electrons. The highest BCUT2D eigenvalue weighted by Gasteiger charge is 2.66. The van der Waals surface area contributed by atoms with E-state index in [2.05, 4.69) is 36.6 Å². The van der Waals surface area contributed by atoms with Crippen LogP contribution in [0, 0.1) is 10.8 Å². The molecule has 0 aromatic carbocycles. The van der Waals surface area contributed by atoms with Crippen molar-refractivity contribution in [3.05, 3.63) is 16.4 Å². The number of carbonyl (C=O) groups is 2. The highest BCUT2D eigenvalue weighted by atomic mass is 32.1. The highest BCUT2D eigenvalue weighted by Crippen LogP contribution is 2.58. The Kier molecular flexibility index (Phi) is 6.04. The fourth-order valence-electron chi connectivity index (χ4n) is 3.78. The number of aliphatic hydroxyl groups is 1. The molecule has 28 heavy (non-hydrogen) atoms. The number of hydrogen-bond acceptors (Lipinski definition) is 4. The number of carboxylic acid groups (broad SMARTS) is 1. The van der Waals surface area contributed by atoms with Crippen molar-refractivity contribution in [2.75, 3.05) is 0 Å². The third kappa shape index (κ3) is 3.59. The van der Waals surface area contributed by atoms with Gasteiger partial charge in [0.2, 0.25) is 0 Å². The second kappa shape index (κ2) is 7.41. The topological polar surface area (TPSA) is 91.9 Å². The maximum absolute atomic E-state index is 13.1. The van der Waals surface area contributed by atoms with Crippen LogP contribution in [0.4, 0.5) is 0 Å². The lowest BCUT2D eigenvalue weighted by Gasteiger charge is -2.41. The van der Waals surface area contributed by atoms with Gasteiger partial charge in [-0.25, -0.2) is 0 Å². The first-order chi connectivity index (χ1) is 12.7. The smallest absolute Gasteiger partial charge is 0.310 e. The molecule has 1 heterocycles. The van der Waals surface area contributed by atoms with Crippen LogP contribution in [0.2, 0.25) is 0 Å². The molecule has 2 N–H and O–H groups in total. The Bertz CT molecular complexity index is 830. The molecule has 7 heteroatoms. The first-order valence-electron chi connectivity index (χ1n) is 9.98. The van der Waals surface area contributed by atoms with Gasteiger partial charge in [0, 0.05) is 22.7 Å². The number of unbranched alkanes of at least 4 members (excludes halogenated alkanes) is 1. The molecule has 1 saturated carbocycles. The Labute approximate surface area is 171 Å². The summed E-state index contributed by atoms with van der Waals surface area (Å²) >= 11 is 1.41. The van der Waals surface area contributed by atoms with E-state index >= 15 is 0 Å². The van der Waals surface area contributed by atoms with Crippen LogP contribution < -0.4 is 4.67 Å². The molecule has 0 saturated heterocycles. The Morgan fingerprint density at radius 2 is 1.86 bits per heavy atom. The molecule has 0 spiro atoms. The van der Waals surface area contributed by atoms with Gasteiger partial charge in [0.15, 0.2) is 5.60 Å². The minimum Gasteiger partial charge on any atom is -0.481 e. The van der Waals surface area contributed by atoms with Crippen molar-refractivity contribution in [2.45, 2.75) is 91.7 Å². The Morgan fingerprint density at radius 1 is 1.25 bits per heavy atom. The first kappa shape index (κ1) is 22.8. The van der Waals surface area contributed by atoms with Crippen molar-refractivity contribution in [1.29, 1.82) is 0 Å². The van der Waals surface area contributed by atoms with Crippen LogP contribution in [-0.2, 0) is 21.5 Å². The number of carbonyl (C=O) groups excluding carboxylic acids is 1. The Balaban J connectivity index is 2.52. The summed E-state index contributed by atoms with van der Waals surface area (Å²) in [6.07, 6.45) is 5.22. The summed E-state index contributed by atoms with van der Waals surface area (Å²) in [6.45, 7) is 13.3. The molecule has 0 radical (unpaired) electrons. The summed E-state index contributed by atoms with van der Waals surface area (Å²) < 4.78 is 2.69. The van der Waals surface area contributed by atoms with Gasteiger partial charge in [-0.2, -0.15) is 4.99 Å². The van der Waals surface area contributed by atoms with Gasteiger partial charge < -0.3 is 10.2 Å². The number of rotatable bonds is 5. The van der Waals surface area contributed by atoms with E-state index in [1.165, 1.54) is 11.5 Å². The van der Waals surface area contributed by atoms with Crippen LogP contribution in [0.1, 0.15) is 79.7 Å². The van der Waals surface area contributed by atoms with Crippen molar-refractivity contribution in [3.63, 3.8) is 0 Å². The van der Waals surface area contributed by atoms with Crippen LogP contribution in [0.25, 0.3) is 0 Å². The van der Waals surface area contributed by atoms with Gasteiger partial charge in [-0.3, -0.25) is 13.5 Å². The second-order valence-electron chi connectivity index (χ2n) is 9.69. The van der Waals surface area contributed by atoms with Gasteiger partial charge in [0.25, 0.3) is 5.91 Å². The zero-order valence-electron chi connectivity index (χ0n) is 18.1. The highest BCUT2D eigenvalue weighted by molar-refractivity contribution is 7.04. The molecule has 0 bridgehead atoms. The number of nitrogens with zero attached hydrogens (tertiary/aromatic N) is 2. The number of hydrogen-bond donors (Lipinski definition) is 2. The minimum absolute atomic E-state index is 0.0973. The summed E-state index contributed by atoms with van der Waals surface area (Å²) in [5.41, 5.74) is -3.24. The van der Waals surface area contributed by atoms with Crippen LogP contribution >= 0.6 is 11.5 Å². The standard InChI is InChI=1S/C21H34N2O4S/c1-8-9-10-14-13-23(18(2,3)4)28-15(14)22-16(24)21(27)12-11-20(7,17(25)26)19(21,5)6/h13,27H,8-12H2,1-7H3,(H,25,26)/t20-,21+/m1/s1. The van der Waals surface area contributed by atoms with E-state index in [9.17, 15) is 19.8 Å². The quantitative estimate of drug-likeness (QED) is 0.774. The van der Waals surface area contributed by atoms with Gasteiger partial charge >= 0.3 is 5.97 Å². The van der Waals surface area contributed by atoms with E-state index in [0.717, 1.165) is 24.8 Å². The molecule has 0 unspecified atom stereocenters. The van der Waals surface area contributed by atoms with Gasteiger partial charge in [0.1, 0.15) is 4.67 Å². The predicted molar refractivity (Wildman–Crippen MR) is 110 cm³/mol. The molecule has 0 aliphatic heterocycles. The molecule has 6 nitrogen and oxygen atoms in total. The summed E-state index contributed by atoms with van der Waals surface area (Å²) in [4.78, 5) is 29.3. The summed E-state index contributed by atoms with van der Waals surface area (Å²) in [5.74, 6) is -1.63. The average Bonchev–Trinajstić information content (AvgIpc) is 3.07. The third-order valence-electron chi connectivity index (χ3n) is 6.62. The monoisotopic (exact) mass is 410 g/mol. The normalized spacial score (nSPS) is 27.9. The largest absolute Gasteiger partial charge is 0.481 e. The molecule has 2 atom stereocenters. The van der Waals surface area contributed by atoms with E-state index in [1.807, 2.05) is 6.20 Å². The van der Waals surface area contributed by atoms with Crippen molar-refractivity contribution >= 4 is 23.4 Å². The molecule has 1 aromatic rings. The van der Waals surface area contributed by atoms with E-state index in [-0.39, 0.29) is 18.4 Å². The number of aliphatic carboxylic acids is 1. The van der Waals surface area contributed by atoms with Crippen LogP contribution in [0.15, 0.2) is 11.2 Å². The summed E-state index contributed by atoms with van der Waals surface area (Å²) in [5, 5.41) is 20.9. The Morgan fingerprint density at radius 3 is 2.32 bits per heavy atom. The minimum atomic E-state index is -1.79. The van der Waals surface area contributed by atoms with E-state index in [1.54, 1.807) is 20.8 Å². The number of amides is 1. The molecular weight excluding hydrogens is 376 g/mol. The van der Waals surface area contributed by atoms with Crippen molar-refractivity contribution < 1.29 is 19.8 Å². The van der Waals surface area contributed by atoms with Crippen molar-refractivity contribution in [2.24, 2.45) is 15.8 Å². The van der Waals surface area contributed by atoms with Crippen LogP contribution in [0.5, 0.6) is 0 Å². The first-order valence-corrected chi connectivity index (χ1v) is 10.8. The van der Waals surface area contributed by atoms with E-state index < -0.39 is 28.3 Å². The number of aryl methyl sites for hydroxylation is 1. The Hall–Kier alpha value is -1.47. The predicted octanol–water partition coefficient (Wildman–Crippen LogP) is 3.72. The number of carboxylic acids is 1. The lowest BCUT2D eigenvalue weighted by atomic mass is 9.63. The SMILES string of the molecule is CCCCc1cn(C(C)(C)C)sc1=NC(=O)[C@@]1(O)CC[C@](C)(C(=O)O)C1(C)C. The third-order valence-corrected chi connectivity index (χ3v) is 8.00. The fourth-order valence-corrected chi connectivity index (χ4v) is 4.82. The molecule has 2 rings (SSSR count). The molecular formula is C21H34N2O4S. The maximum Gasteiger partial charge on any atom is 0.310 e. The zero-order valence-corrected chi connectivity index (χ0v) is 18.9. The lowest BCUT2D eigenvalue weighted by molar-refractivity contribution is -0.166. The summed E-state index contributed by atoms with van der Waals surface area (Å²) in [6, 6.07) is 0. The van der Waals surface area contributed by atoms with E-state index in [4.69, 9.17) is 0 Å². The van der Waals surface area contributed by atoms with Crippen molar-refractivity contribution in [1.82, 2.24) is 3.96 Å². The number of aromatic nitrogens is 1. The second-order valence-corrected chi connectivity index (χ2v) is 10.7. The molecule has 1 fully saturated rings. The summed E-state index contributed by atoms with van der Waals surface area (Å²) in [7, 11) is 0. The lowest BCUT2D eigenvalue weighted by Crippen LogP contribution is -2.54. The van der Waals surface area contributed by atoms with E-state index in [0.29, 0.717) is 4.67 Å². The molecule has 1 aromatic heterocycles. The van der Waals surface area contributed by atoms with Crippen LogP contribution in [0.3, 0.4) is 0 Å². The maximum atomic E-state index is 13.1. The van der Waals surface area contributed by atoms with Gasteiger partial charge in [-0.15, -0.1) is 0 Å². The van der Waals surface area contributed by atoms with Gasteiger partial charge in [-0.1, -0.05) is 27.2 Å². The molecule has 1 aliphatic carbocycles. The van der Waals surface area contributed by atoms with Crippen LogP contribution in [-0.4, -0.2) is 31.6 Å². The fraction of sp³-hybridized carbons (Fsp3) is 0.762. The molecule has 1 aliphatic rings.